The number of hydrogen-bond donors (Lipinski definition) is 4. The molecular formula is C20H38N4O5S. The van der Waals surface area contributed by atoms with Gasteiger partial charge in [0, 0.05) is 6.04 Å². The number of carboxylic acid groups (broad SMARTS) is 1. The lowest BCUT2D eigenvalue weighted by atomic mass is 9.69. The zero-order valence-electron chi connectivity index (χ0n) is 18.6. The van der Waals surface area contributed by atoms with Crippen molar-refractivity contribution in [3.63, 3.8) is 0 Å². The SMILES string of the molecule is CC[C@@H](C(=O)N[C@H]1C[C@H]2CC[C@]1(C)C2(C)C)N([C@@H](CCCCN)C(=O)O)S(N)(=O)=O. The van der Waals surface area contributed by atoms with Crippen molar-refractivity contribution in [3.8, 4) is 0 Å². The molecule has 2 fully saturated rings. The number of nitrogens with zero attached hydrogens (tertiary/aromatic N) is 1. The molecule has 0 saturated heterocycles. The van der Waals surface area contributed by atoms with Gasteiger partial charge >= 0.3 is 5.97 Å². The van der Waals surface area contributed by atoms with Crippen LogP contribution >= 0.6 is 0 Å². The normalized spacial score (nSPS) is 29.7. The Balaban J connectivity index is 2.26. The number of carbonyl (C=O) groups is 2. The molecule has 0 aliphatic heterocycles. The van der Waals surface area contributed by atoms with Gasteiger partial charge in [-0.05, 0) is 68.2 Å². The summed E-state index contributed by atoms with van der Waals surface area (Å²) in [5.74, 6) is -1.29. The predicted octanol–water partition coefficient (Wildman–Crippen LogP) is 1.18. The van der Waals surface area contributed by atoms with Gasteiger partial charge < -0.3 is 16.2 Å². The zero-order valence-corrected chi connectivity index (χ0v) is 19.4. The van der Waals surface area contributed by atoms with Crippen LogP contribution in [0.25, 0.3) is 0 Å². The average Bonchev–Trinajstić information content (AvgIpc) is 2.96. The first-order chi connectivity index (χ1) is 13.8. The molecule has 0 radical (unpaired) electrons. The molecule has 1 amide bonds. The highest BCUT2D eigenvalue weighted by Gasteiger charge is 2.61. The molecule has 174 valence electrons. The topological polar surface area (TPSA) is 156 Å². The highest BCUT2D eigenvalue weighted by Crippen LogP contribution is 2.65. The van der Waals surface area contributed by atoms with Gasteiger partial charge in [0.15, 0.2) is 0 Å². The van der Waals surface area contributed by atoms with Gasteiger partial charge in [-0.15, -0.1) is 0 Å². The monoisotopic (exact) mass is 446 g/mol. The summed E-state index contributed by atoms with van der Waals surface area (Å²) < 4.78 is 25.4. The van der Waals surface area contributed by atoms with Crippen molar-refractivity contribution in [2.45, 2.75) is 90.8 Å². The van der Waals surface area contributed by atoms with Crippen LogP contribution in [0, 0.1) is 16.7 Å². The van der Waals surface area contributed by atoms with Gasteiger partial charge in [-0.1, -0.05) is 27.7 Å². The van der Waals surface area contributed by atoms with Crippen LogP contribution in [0.1, 0.15) is 72.6 Å². The van der Waals surface area contributed by atoms with Crippen molar-refractivity contribution in [3.05, 3.63) is 0 Å². The van der Waals surface area contributed by atoms with Crippen LogP contribution in [0.15, 0.2) is 0 Å². The number of fused-ring (bicyclic) bond motifs is 2. The van der Waals surface area contributed by atoms with Gasteiger partial charge in [-0.25, -0.2) is 5.14 Å². The minimum absolute atomic E-state index is 0.0446. The Hall–Kier alpha value is -1.23. The molecule has 0 aromatic heterocycles. The van der Waals surface area contributed by atoms with Gasteiger partial charge in [0.25, 0.3) is 10.2 Å². The third kappa shape index (κ3) is 4.51. The fourth-order valence-corrected chi connectivity index (χ4v) is 6.73. The second kappa shape index (κ2) is 9.10. The lowest BCUT2D eigenvalue weighted by Gasteiger charge is -2.40. The van der Waals surface area contributed by atoms with E-state index in [0.29, 0.717) is 29.6 Å². The summed E-state index contributed by atoms with van der Waals surface area (Å²) >= 11 is 0. The predicted molar refractivity (Wildman–Crippen MR) is 115 cm³/mol. The lowest BCUT2D eigenvalue weighted by molar-refractivity contribution is -0.143. The number of carboxylic acids is 1. The third-order valence-electron chi connectivity index (χ3n) is 7.92. The standard InChI is InChI=1S/C20H38N4O5S/c1-5-14(24(30(22,28)29)15(18(26)27)8-6-7-11-21)17(25)23-16-12-13-9-10-20(16,4)19(13,2)3/h13-16H,5-12,21H2,1-4H3,(H,23,25)(H,26,27)(H2,22,28,29)/t13-,14+,15+,16+,20+/m1/s1. The fourth-order valence-electron chi connectivity index (χ4n) is 5.58. The average molecular weight is 447 g/mol. The van der Waals surface area contributed by atoms with Gasteiger partial charge in [0.1, 0.15) is 12.1 Å². The van der Waals surface area contributed by atoms with Crippen LogP contribution in [0.4, 0.5) is 0 Å². The van der Waals surface area contributed by atoms with Gasteiger partial charge in [0.05, 0.1) is 0 Å². The molecule has 2 rings (SSSR count). The van der Waals surface area contributed by atoms with Crippen LogP contribution < -0.4 is 16.2 Å². The van der Waals surface area contributed by atoms with Crippen LogP contribution in [-0.2, 0) is 19.8 Å². The van der Waals surface area contributed by atoms with Crippen molar-refractivity contribution >= 4 is 22.1 Å². The number of nitrogens with two attached hydrogens (primary N) is 2. The molecule has 0 aromatic carbocycles. The molecule has 9 nitrogen and oxygen atoms in total. The highest BCUT2D eigenvalue weighted by atomic mass is 32.2. The quantitative estimate of drug-likeness (QED) is 0.349. The van der Waals surface area contributed by atoms with E-state index in [0.717, 1.165) is 19.3 Å². The van der Waals surface area contributed by atoms with E-state index in [2.05, 4.69) is 26.1 Å². The summed E-state index contributed by atoms with van der Waals surface area (Å²) in [4.78, 5) is 25.1. The molecule has 2 aliphatic carbocycles. The molecule has 6 N–H and O–H groups in total. The van der Waals surface area contributed by atoms with Gasteiger partial charge in [-0.2, -0.15) is 12.7 Å². The van der Waals surface area contributed by atoms with E-state index in [-0.39, 0.29) is 29.7 Å². The van der Waals surface area contributed by atoms with E-state index in [4.69, 9.17) is 10.9 Å². The number of carbonyl (C=O) groups excluding carboxylic acids is 1. The first-order valence-electron chi connectivity index (χ1n) is 10.9. The maximum atomic E-state index is 13.2. The van der Waals surface area contributed by atoms with Crippen LogP contribution in [0.3, 0.4) is 0 Å². The maximum absolute atomic E-state index is 13.2. The van der Waals surface area contributed by atoms with E-state index in [9.17, 15) is 23.1 Å². The van der Waals surface area contributed by atoms with Crippen molar-refractivity contribution in [2.24, 2.45) is 27.6 Å². The molecule has 2 bridgehead atoms. The number of rotatable bonds is 11. The van der Waals surface area contributed by atoms with Crippen molar-refractivity contribution in [1.29, 1.82) is 0 Å². The Morgan fingerprint density at radius 2 is 1.87 bits per heavy atom. The molecule has 2 saturated carbocycles. The van der Waals surface area contributed by atoms with E-state index in [1.165, 1.54) is 0 Å². The van der Waals surface area contributed by atoms with Crippen LogP contribution in [0.2, 0.25) is 0 Å². The molecule has 10 heteroatoms. The van der Waals surface area contributed by atoms with Crippen molar-refractivity contribution in [1.82, 2.24) is 9.62 Å². The highest BCUT2D eigenvalue weighted by molar-refractivity contribution is 7.86. The molecule has 5 atom stereocenters. The van der Waals surface area contributed by atoms with Crippen LogP contribution in [-0.4, -0.2) is 54.4 Å². The first kappa shape index (κ1) is 25.0. The summed E-state index contributed by atoms with van der Waals surface area (Å²) in [6, 6.07) is -2.66. The molecule has 30 heavy (non-hydrogen) atoms. The largest absolute Gasteiger partial charge is 0.480 e. The smallest absolute Gasteiger partial charge is 0.322 e. The summed E-state index contributed by atoms with van der Waals surface area (Å²) in [6.07, 6.45) is 4.12. The first-order valence-corrected chi connectivity index (χ1v) is 12.4. The summed E-state index contributed by atoms with van der Waals surface area (Å²) in [5.41, 5.74) is 5.48. The third-order valence-corrected chi connectivity index (χ3v) is 9.02. The second-order valence-electron chi connectivity index (χ2n) is 9.61. The Kier molecular flexibility index (Phi) is 7.59. The number of amides is 1. The van der Waals surface area contributed by atoms with Gasteiger partial charge in [0.2, 0.25) is 5.91 Å². The second-order valence-corrected chi connectivity index (χ2v) is 11.1. The van der Waals surface area contributed by atoms with E-state index in [1.807, 2.05) is 0 Å². The fraction of sp³-hybridized carbons (Fsp3) is 0.900. The zero-order chi connectivity index (χ0) is 22.9. The summed E-state index contributed by atoms with van der Waals surface area (Å²) in [5, 5.41) is 18.2. The Morgan fingerprint density at radius 1 is 1.23 bits per heavy atom. The van der Waals surface area contributed by atoms with E-state index < -0.39 is 34.2 Å². The van der Waals surface area contributed by atoms with Gasteiger partial charge in [-0.3, -0.25) is 9.59 Å². The number of nitrogens with one attached hydrogen (secondary N) is 1. The molecule has 0 heterocycles. The Morgan fingerprint density at radius 3 is 2.27 bits per heavy atom. The lowest BCUT2D eigenvalue weighted by Crippen LogP contribution is -2.60. The maximum Gasteiger partial charge on any atom is 0.322 e. The molecule has 0 aromatic rings. The summed E-state index contributed by atoms with van der Waals surface area (Å²) in [6.45, 7) is 8.66. The van der Waals surface area contributed by atoms with Crippen molar-refractivity contribution in [2.75, 3.05) is 6.54 Å². The molecule has 2 aliphatic rings. The number of hydrogen-bond acceptors (Lipinski definition) is 5. The van der Waals surface area contributed by atoms with Crippen LogP contribution in [0.5, 0.6) is 0 Å². The minimum Gasteiger partial charge on any atom is -0.480 e. The Labute approximate surface area is 180 Å². The van der Waals surface area contributed by atoms with E-state index in [1.54, 1.807) is 6.92 Å². The van der Waals surface area contributed by atoms with Crippen molar-refractivity contribution < 1.29 is 23.1 Å². The molecule has 0 unspecified atom stereocenters. The van der Waals surface area contributed by atoms with E-state index >= 15 is 0 Å². The summed E-state index contributed by atoms with van der Waals surface area (Å²) in [7, 11) is -4.42. The minimum atomic E-state index is -4.42. The Bertz CT molecular complexity index is 756. The number of unbranched alkanes of at least 4 members (excludes halogenated alkanes) is 1. The molecule has 0 spiro atoms. The molecular weight excluding hydrogens is 408 g/mol. The number of aliphatic carboxylic acids is 1.